The predicted molar refractivity (Wildman–Crippen MR) is 56.1 cm³/mol. The maximum absolute atomic E-state index is 7.12. The molecule has 0 atom stereocenters. The van der Waals surface area contributed by atoms with E-state index in [4.69, 9.17) is 11.1 Å². The summed E-state index contributed by atoms with van der Waals surface area (Å²) in [7, 11) is 0. The van der Waals surface area contributed by atoms with Gasteiger partial charge in [-0.15, -0.1) is 0 Å². The van der Waals surface area contributed by atoms with Crippen molar-refractivity contribution in [3.63, 3.8) is 0 Å². The standard InChI is InChI=1S/C8H14BrN3/c1-3-5-12(4-2)8(11)6-7(9)10/h4,6,10H,2-3,5,11H2,1H3/b8-6+,10-7?. The number of hydrogen-bond donors (Lipinski definition) is 2. The smallest absolute Gasteiger partial charge is 0.105 e. The molecule has 12 heavy (non-hydrogen) atoms. The van der Waals surface area contributed by atoms with E-state index >= 15 is 0 Å². The predicted octanol–water partition coefficient (Wildman–Crippen LogP) is 2.01. The maximum atomic E-state index is 7.12. The molecular weight excluding hydrogens is 218 g/mol. The largest absolute Gasteiger partial charge is 0.385 e. The van der Waals surface area contributed by atoms with Crippen LogP contribution >= 0.6 is 15.9 Å². The second-order valence-electron chi connectivity index (χ2n) is 2.29. The van der Waals surface area contributed by atoms with Crippen molar-refractivity contribution >= 4 is 20.6 Å². The van der Waals surface area contributed by atoms with Gasteiger partial charge in [0.05, 0.1) is 0 Å². The van der Waals surface area contributed by atoms with E-state index in [1.54, 1.807) is 11.1 Å². The number of rotatable bonds is 5. The lowest BCUT2D eigenvalue weighted by Gasteiger charge is -2.18. The van der Waals surface area contributed by atoms with Crippen molar-refractivity contribution in [2.75, 3.05) is 6.54 Å². The van der Waals surface area contributed by atoms with Crippen molar-refractivity contribution in [3.05, 3.63) is 24.7 Å². The van der Waals surface area contributed by atoms with Crippen LogP contribution in [0.15, 0.2) is 24.7 Å². The highest BCUT2D eigenvalue weighted by Gasteiger charge is 1.99. The second kappa shape index (κ2) is 5.83. The fraction of sp³-hybridized carbons (Fsp3) is 0.375. The molecule has 0 amide bonds. The summed E-state index contributed by atoms with van der Waals surface area (Å²) in [6.07, 6.45) is 4.19. The fourth-order valence-electron chi connectivity index (χ4n) is 0.779. The zero-order valence-corrected chi connectivity index (χ0v) is 8.76. The van der Waals surface area contributed by atoms with Crippen molar-refractivity contribution < 1.29 is 0 Å². The minimum Gasteiger partial charge on any atom is -0.385 e. The minimum atomic E-state index is 0.267. The molecule has 68 valence electrons. The van der Waals surface area contributed by atoms with E-state index in [-0.39, 0.29) is 4.62 Å². The van der Waals surface area contributed by atoms with Crippen LogP contribution in [0.3, 0.4) is 0 Å². The normalized spacial score (nSPS) is 11.0. The molecule has 3 N–H and O–H groups in total. The van der Waals surface area contributed by atoms with Crippen LogP contribution in [-0.2, 0) is 0 Å². The van der Waals surface area contributed by atoms with Gasteiger partial charge in [-0.2, -0.15) is 0 Å². The first-order chi connectivity index (χ1) is 5.61. The molecule has 0 aliphatic heterocycles. The van der Waals surface area contributed by atoms with E-state index in [1.807, 2.05) is 0 Å². The maximum Gasteiger partial charge on any atom is 0.105 e. The summed E-state index contributed by atoms with van der Waals surface area (Å²) in [5, 5.41) is 7.12. The van der Waals surface area contributed by atoms with Crippen LogP contribution in [0.25, 0.3) is 0 Å². The van der Waals surface area contributed by atoms with Gasteiger partial charge < -0.3 is 10.6 Å². The quantitative estimate of drug-likeness (QED) is 0.712. The van der Waals surface area contributed by atoms with Crippen LogP contribution in [0.2, 0.25) is 0 Å². The van der Waals surface area contributed by atoms with Gasteiger partial charge in [-0.1, -0.05) is 13.5 Å². The van der Waals surface area contributed by atoms with Gasteiger partial charge in [0.25, 0.3) is 0 Å². The Hall–Kier alpha value is -0.770. The SMILES string of the molecule is C=CN(CCC)/C(N)=C/C(=N)Br. The summed E-state index contributed by atoms with van der Waals surface area (Å²) in [6.45, 7) is 6.51. The average molecular weight is 232 g/mol. The molecular formula is C8H14BrN3. The monoisotopic (exact) mass is 231 g/mol. The van der Waals surface area contributed by atoms with Crippen molar-refractivity contribution in [1.29, 1.82) is 5.41 Å². The van der Waals surface area contributed by atoms with E-state index in [9.17, 15) is 0 Å². The second-order valence-corrected chi connectivity index (χ2v) is 3.15. The lowest BCUT2D eigenvalue weighted by atomic mass is 10.4. The molecule has 0 saturated carbocycles. The first-order valence-corrected chi connectivity index (χ1v) is 4.51. The van der Waals surface area contributed by atoms with Crippen LogP contribution in [-0.4, -0.2) is 16.1 Å². The van der Waals surface area contributed by atoms with Gasteiger partial charge in [0.2, 0.25) is 0 Å². The van der Waals surface area contributed by atoms with E-state index in [1.165, 1.54) is 6.08 Å². The van der Waals surface area contributed by atoms with Gasteiger partial charge in [-0.25, -0.2) is 0 Å². The Morgan fingerprint density at radius 3 is 2.67 bits per heavy atom. The summed E-state index contributed by atoms with van der Waals surface area (Å²) >= 11 is 2.99. The van der Waals surface area contributed by atoms with Gasteiger partial charge in [0.15, 0.2) is 0 Å². The van der Waals surface area contributed by atoms with Crippen LogP contribution in [0.1, 0.15) is 13.3 Å². The van der Waals surface area contributed by atoms with Crippen molar-refractivity contribution in [3.8, 4) is 0 Å². The van der Waals surface area contributed by atoms with Crippen LogP contribution in [0, 0.1) is 5.41 Å². The Morgan fingerprint density at radius 2 is 2.33 bits per heavy atom. The van der Waals surface area contributed by atoms with Crippen LogP contribution in [0.5, 0.6) is 0 Å². The van der Waals surface area contributed by atoms with Gasteiger partial charge in [-0.3, -0.25) is 5.41 Å². The van der Waals surface area contributed by atoms with Crippen molar-refractivity contribution in [2.45, 2.75) is 13.3 Å². The molecule has 3 nitrogen and oxygen atoms in total. The molecule has 0 spiro atoms. The number of nitrogens with zero attached hydrogens (tertiary/aromatic N) is 1. The van der Waals surface area contributed by atoms with E-state index < -0.39 is 0 Å². The molecule has 0 bridgehead atoms. The zero-order chi connectivity index (χ0) is 9.56. The molecule has 0 rings (SSSR count). The number of nitrogens with two attached hydrogens (primary N) is 1. The summed E-state index contributed by atoms with van der Waals surface area (Å²) in [6, 6.07) is 0. The highest BCUT2D eigenvalue weighted by Crippen LogP contribution is 2.01. The Balaban J connectivity index is 4.29. The third-order valence-corrected chi connectivity index (χ3v) is 1.52. The third kappa shape index (κ3) is 4.18. The number of hydrogen-bond acceptors (Lipinski definition) is 3. The Bertz CT molecular complexity index is 198. The molecule has 0 aliphatic carbocycles. The Morgan fingerprint density at radius 1 is 1.75 bits per heavy atom. The van der Waals surface area contributed by atoms with Crippen LogP contribution < -0.4 is 5.73 Å². The van der Waals surface area contributed by atoms with Gasteiger partial charge in [0, 0.05) is 12.6 Å². The van der Waals surface area contributed by atoms with Crippen LogP contribution in [0.4, 0.5) is 0 Å². The van der Waals surface area contributed by atoms with Crippen molar-refractivity contribution in [2.24, 2.45) is 5.73 Å². The lowest BCUT2D eigenvalue weighted by molar-refractivity contribution is 0.459. The molecule has 0 heterocycles. The molecule has 0 aliphatic rings. The number of nitrogens with one attached hydrogen (secondary N) is 1. The summed E-state index contributed by atoms with van der Waals surface area (Å²) in [4.78, 5) is 1.80. The van der Waals surface area contributed by atoms with E-state index in [0.29, 0.717) is 5.82 Å². The highest BCUT2D eigenvalue weighted by atomic mass is 79.9. The summed E-state index contributed by atoms with van der Waals surface area (Å²) < 4.78 is 0.267. The highest BCUT2D eigenvalue weighted by molar-refractivity contribution is 9.18. The van der Waals surface area contributed by atoms with E-state index in [0.717, 1.165) is 13.0 Å². The number of allylic oxidation sites excluding steroid dienone is 1. The molecule has 0 aromatic carbocycles. The Labute approximate surface area is 81.6 Å². The zero-order valence-electron chi connectivity index (χ0n) is 7.18. The minimum absolute atomic E-state index is 0.267. The molecule has 0 saturated heterocycles. The first kappa shape index (κ1) is 11.2. The van der Waals surface area contributed by atoms with Gasteiger partial charge >= 0.3 is 0 Å². The first-order valence-electron chi connectivity index (χ1n) is 3.72. The summed E-state index contributed by atoms with van der Waals surface area (Å²) in [5.74, 6) is 0.536. The molecule has 4 heteroatoms. The van der Waals surface area contributed by atoms with E-state index in [2.05, 4.69) is 29.4 Å². The average Bonchev–Trinajstić information content (AvgIpc) is 1.98. The van der Waals surface area contributed by atoms with Crippen molar-refractivity contribution in [1.82, 2.24) is 4.90 Å². The lowest BCUT2D eigenvalue weighted by Crippen LogP contribution is -2.23. The molecule has 0 aromatic heterocycles. The topological polar surface area (TPSA) is 53.1 Å². The molecule has 0 fully saturated rings. The Kier molecular flexibility index (Phi) is 5.45. The third-order valence-electron chi connectivity index (χ3n) is 1.29. The number of halogens is 1. The summed E-state index contributed by atoms with van der Waals surface area (Å²) in [5.41, 5.74) is 5.66. The van der Waals surface area contributed by atoms with Gasteiger partial charge in [-0.05, 0) is 28.6 Å². The molecule has 0 radical (unpaired) electrons. The van der Waals surface area contributed by atoms with Gasteiger partial charge in [0.1, 0.15) is 10.4 Å². The molecule has 0 aromatic rings. The fourth-order valence-corrected chi connectivity index (χ4v) is 1.01. The molecule has 0 unspecified atom stereocenters.